The Morgan fingerprint density at radius 2 is 1.86 bits per heavy atom. The molecule has 2 atom stereocenters. The lowest BCUT2D eigenvalue weighted by atomic mass is 10.0. The summed E-state index contributed by atoms with van der Waals surface area (Å²) in [5.41, 5.74) is 1.44. The molecule has 0 unspecified atom stereocenters. The number of aliphatic hydroxyl groups excluding tert-OH is 2. The average Bonchev–Trinajstić information content (AvgIpc) is 2.93. The van der Waals surface area contributed by atoms with E-state index in [9.17, 15) is 10.2 Å². The zero-order chi connectivity index (χ0) is 15.5. The van der Waals surface area contributed by atoms with Crippen molar-refractivity contribution in [3.8, 4) is 5.75 Å². The van der Waals surface area contributed by atoms with Crippen LogP contribution < -0.4 is 4.74 Å². The minimum absolute atomic E-state index is 0.382. The van der Waals surface area contributed by atoms with Gasteiger partial charge in [-0.2, -0.15) is 0 Å². The van der Waals surface area contributed by atoms with Gasteiger partial charge in [-0.3, -0.25) is 0 Å². The molecule has 0 aliphatic carbocycles. The summed E-state index contributed by atoms with van der Waals surface area (Å²) < 4.78 is 11.7. The fourth-order valence-corrected chi connectivity index (χ4v) is 2.50. The van der Waals surface area contributed by atoms with Crippen LogP contribution in [0.5, 0.6) is 5.75 Å². The van der Waals surface area contributed by atoms with Crippen molar-refractivity contribution in [2.24, 2.45) is 0 Å². The van der Waals surface area contributed by atoms with Crippen molar-refractivity contribution >= 4 is 11.0 Å². The van der Waals surface area contributed by atoms with Crippen LogP contribution in [0.3, 0.4) is 0 Å². The van der Waals surface area contributed by atoms with E-state index in [2.05, 4.69) is 0 Å². The monoisotopic (exact) mass is 298 g/mol. The first-order valence-electron chi connectivity index (χ1n) is 7.18. The first-order valence-corrected chi connectivity index (χ1v) is 7.18. The molecule has 2 aromatic carbocycles. The number of fused-ring (bicyclic) bond motifs is 1. The molecule has 4 heteroatoms. The largest absolute Gasteiger partial charge is 0.479 e. The number of hydrogen-bond acceptors (Lipinski definition) is 4. The van der Waals surface area contributed by atoms with Gasteiger partial charge in [0.25, 0.3) is 0 Å². The Morgan fingerprint density at radius 3 is 2.59 bits per heavy atom. The first kappa shape index (κ1) is 14.6. The summed E-state index contributed by atoms with van der Waals surface area (Å²) in [6, 6.07) is 16.9. The van der Waals surface area contributed by atoms with Crippen LogP contribution in [0.25, 0.3) is 11.0 Å². The van der Waals surface area contributed by atoms with Gasteiger partial charge in [0.1, 0.15) is 11.9 Å². The molecule has 4 nitrogen and oxygen atoms in total. The Bertz CT molecular complexity index is 748. The lowest BCUT2D eigenvalue weighted by Gasteiger charge is -2.23. The zero-order valence-corrected chi connectivity index (χ0v) is 12.3. The second kappa shape index (κ2) is 6.22. The highest BCUT2D eigenvalue weighted by Crippen LogP contribution is 2.32. The summed E-state index contributed by atoms with van der Waals surface area (Å²) in [7, 11) is 0. The molecule has 114 valence electrons. The van der Waals surface area contributed by atoms with E-state index in [1.165, 1.54) is 0 Å². The Balaban J connectivity index is 1.99. The van der Waals surface area contributed by atoms with E-state index in [4.69, 9.17) is 9.15 Å². The fraction of sp³-hybridized carbons (Fsp3) is 0.222. The molecule has 0 spiro atoms. The number of para-hydroxylation sites is 1. The average molecular weight is 298 g/mol. The lowest BCUT2D eigenvalue weighted by Crippen LogP contribution is -2.27. The zero-order valence-electron chi connectivity index (χ0n) is 12.3. The molecule has 0 bridgehead atoms. The molecule has 1 aromatic heterocycles. The molecule has 1 heterocycles. The van der Waals surface area contributed by atoms with Crippen molar-refractivity contribution < 1.29 is 19.4 Å². The molecular formula is C18H18O4. The summed E-state index contributed by atoms with van der Waals surface area (Å²) >= 11 is 0. The molecule has 3 rings (SSSR count). The molecule has 0 saturated carbocycles. The highest BCUT2D eigenvalue weighted by Gasteiger charge is 2.23. The van der Waals surface area contributed by atoms with Gasteiger partial charge in [-0.15, -0.1) is 0 Å². The molecule has 0 amide bonds. The van der Waals surface area contributed by atoms with Crippen molar-refractivity contribution in [3.63, 3.8) is 0 Å². The lowest BCUT2D eigenvalue weighted by molar-refractivity contribution is -0.00162. The Kier molecular flexibility index (Phi) is 4.13. The Morgan fingerprint density at radius 1 is 1.09 bits per heavy atom. The van der Waals surface area contributed by atoms with Crippen LogP contribution in [0, 0.1) is 6.92 Å². The van der Waals surface area contributed by atoms with E-state index in [0.29, 0.717) is 11.3 Å². The van der Waals surface area contributed by atoms with E-state index in [0.717, 1.165) is 16.7 Å². The van der Waals surface area contributed by atoms with Gasteiger partial charge in [0.05, 0.1) is 6.61 Å². The number of benzene rings is 2. The van der Waals surface area contributed by atoms with Crippen molar-refractivity contribution in [2.45, 2.75) is 19.1 Å². The summed E-state index contributed by atoms with van der Waals surface area (Å²) in [5.74, 6) is 1.34. The molecule has 2 N–H and O–H groups in total. The highest BCUT2D eigenvalue weighted by atomic mass is 16.5. The smallest absolute Gasteiger partial charge is 0.176 e. The van der Waals surface area contributed by atoms with E-state index < -0.39 is 12.2 Å². The second-order valence-electron chi connectivity index (χ2n) is 5.23. The van der Waals surface area contributed by atoms with Gasteiger partial charge in [0.15, 0.2) is 17.4 Å². The molecule has 0 fully saturated rings. The topological polar surface area (TPSA) is 62.8 Å². The molecule has 0 aliphatic rings. The first-order chi connectivity index (χ1) is 10.7. The second-order valence-corrected chi connectivity index (χ2v) is 5.23. The van der Waals surface area contributed by atoms with Gasteiger partial charge in [0.2, 0.25) is 0 Å². The van der Waals surface area contributed by atoms with E-state index >= 15 is 0 Å². The number of ether oxygens (including phenoxy) is 1. The predicted molar refractivity (Wildman–Crippen MR) is 83.9 cm³/mol. The maximum Gasteiger partial charge on any atom is 0.176 e. The van der Waals surface area contributed by atoms with Crippen molar-refractivity contribution in [1.29, 1.82) is 0 Å². The quantitative estimate of drug-likeness (QED) is 0.759. The van der Waals surface area contributed by atoms with Gasteiger partial charge in [-0.05, 0) is 24.6 Å². The van der Waals surface area contributed by atoms with Gasteiger partial charge in [-0.25, -0.2) is 0 Å². The van der Waals surface area contributed by atoms with Crippen LogP contribution in [0.2, 0.25) is 0 Å². The minimum Gasteiger partial charge on any atom is -0.479 e. The van der Waals surface area contributed by atoms with E-state index in [-0.39, 0.29) is 6.61 Å². The molecule has 3 aromatic rings. The highest BCUT2D eigenvalue weighted by molar-refractivity contribution is 5.83. The number of rotatable bonds is 5. The normalized spacial score (nSPS) is 14.0. The standard InChI is InChI=1S/C18H18O4/c1-12-10-14-8-5-9-16(18(14)21-12)22-17(15(20)11-19)13-6-3-2-4-7-13/h2-10,15,17,19-20H,11H2,1H3/t15-,17+/m1/s1. The summed E-state index contributed by atoms with van der Waals surface area (Å²) in [6.07, 6.45) is -1.68. The summed E-state index contributed by atoms with van der Waals surface area (Å²) in [4.78, 5) is 0. The summed E-state index contributed by atoms with van der Waals surface area (Å²) in [5, 5.41) is 20.4. The van der Waals surface area contributed by atoms with Gasteiger partial charge in [-0.1, -0.05) is 42.5 Å². The third-order valence-corrected chi connectivity index (χ3v) is 3.55. The van der Waals surface area contributed by atoms with Crippen LogP contribution in [-0.2, 0) is 0 Å². The molecular weight excluding hydrogens is 280 g/mol. The van der Waals surface area contributed by atoms with Crippen molar-refractivity contribution in [1.82, 2.24) is 0 Å². The van der Waals surface area contributed by atoms with Crippen molar-refractivity contribution in [2.75, 3.05) is 6.61 Å². The third-order valence-electron chi connectivity index (χ3n) is 3.55. The fourth-order valence-electron chi connectivity index (χ4n) is 2.50. The number of aryl methyl sites for hydroxylation is 1. The van der Waals surface area contributed by atoms with Crippen LogP contribution in [0.1, 0.15) is 17.4 Å². The number of aliphatic hydroxyl groups is 2. The maximum absolute atomic E-state index is 10.1. The Labute approximate surface area is 128 Å². The predicted octanol–water partition coefficient (Wildman–Crippen LogP) is 3.21. The minimum atomic E-state index is -1.02. The number of hydrogen-bond donors (Lipinski definition) is 2. The van der Waals surface area contributed by atoms with Crippen LogP contribution in [0.4, 0.5) is 0 Å². The van der Waals surface area contributed by atoms with Crippen LogP contribution >= 0.6 is 0 Å². The summed E-state index contributed by atoms with van der Waals surface area (Å²) in [6.45, 7) is 1.49. The molecule has 22 heavy (non-hydrogen) atoms. The SMILES string of the molecule is Cc1cc2cccc(O[C@@H](c3ccccc3)[C@H](O)CO)c2o1. The molecule has 0 aliphatic heterocycles. The van der Waals surface area contributed by atoms with E-state index in [1.54, 1.807) is 6.07 Å². The van der Waals surface area contributed by atoms with Crippen LogP contribution in [-0.4, -0.2) is 22.9 Å². The van der Waals surface area contributed by atoms with Gasteiger partial charge >= 0.3 is 0 Å². The number of furan rings is 1. The van der Waals surface area contributed by atoms with Gasteiger partial charge < -0.3 is 19.4 Å². The molecule has 0 saturated heterocycles. The van der Waals surface area contributed by atoms with Gasteiger partial charge in [0, 0.05) is 5.39 Å². The van der Waals surface area contributed by atoms with E-state index in [1.807, 2.05) is 55.5 Å². The molecule has 0 radical (unpaired) electrons. The third kappa shape index (κ3) is 2.84. The maximum atomic E-state index is 10.1. The van der Waals surface area contributed by atoms with Crippen LogP contribution in [0.15, 0.2) is 59.0 Å². The van der Waals surface area contributed by atoms with Crippen molar-refractivity contribution in [3.05, 3.63) is 65.9 Å². The Hall–Kier alpha value is -2.30.